The van der Waals surface area contributed by atoms with E-state index in [-0.39, 0.29) is 0 Å². The smallest absolute Gasteiger partial charge is 0.212 e. The van der Waals surface area contributed by atoms with Crippen LogP contribution in [0.3, 0.4) is 0 Å². The van der Waals surface area contributed by atoms with Crippen molar-refractivity contribution in [3.05, 3.63) is 260 Å². The molecular weight excluding hydrogens is 827 g/mol. The second kappa shape index (κ2) is 16.4. The van der Waals surface area contributed by atoms with Crippen molar-refractivity contribution in [1.82, 2.24) is 14.5 Å². The highest BCUT2D eigenvalue weighted by Gasteiger charge is 2.28. The number of rotatable bonds is 7. The van der Waals surface area contributed by atoms with E-state index >= 15 is 0 Å². The van der Waals surface area contributed by atoms with Crippen molar-refractivity contribution in [2.75, 3.05) is 0 Å². The molecule has 12 aromatic rings. The van der Waals surface area contributed by atoms with Crippen LogP contribution in [0.15, 0.2) is 259 Å². The van der Waals surface area contributed by atoms with Crippen molar-refractivity contribution >= 4 is 55.4 Å². The van der Waals surface area contributed by atoms with Gasteiger partial charge in [0.05, 0.1) is 27.8 Å². The number of aromatic nitrogens is 2. The molecule has 0 amide bonds. The Morgan fingerprint density at radius 2 is 0.794 bits per heavy atom. The highest BCUT2D eigenvalue weighted by Crippen LogP contribution is 2.43. The summed E-state index contributed by atoms with van der Waals surface area (Å²) in [6, 6.07) is 88.9. The molecule has 1 aliphatic rings. The summed E-state index contributed by atoms with van der Waals surface area (Å²) in [5, 5.41) is 8.50. The maximum atomic E-state index is 5.55. The molecular formula is C63H43N5. The van der Waals surface area contributed by atoms with Crippen LogP contribution in [-0.2, 0) is 0 Å². The average molecular weight is 870 g/mol. The molecule has 1 N–H and O–H groups in total. The molecule has 13 rings (SSSR count). The number of amidine groups is 1. The lowest BCUT2D eigenvalue weighted by atomic mass is 9.98. The molecule has 3 heterocycles. The van der Waals surface area contributed by atoms with Crippen molar-refractivity contribution < 1.29 is 0 Å². The van der Waals surface area contributed by atoms with Gasteiger partial charge in [0, 0.05) is 32.7 Å². The first kappa shape index (κ1) is 39.3. The molecule has 0 saturated heterocycles. The Hall–Kier alpha value is -9.06. The minimum Gasteiger partial charge on any atom is -0.330 e. The predicted octanol–water partition coefficient (Wildman–Crippen LogP) is 15.5. The van der Waals surface area contributed by atoms with Crippen molar-refractivity contribution in [2.24, 2.45) is 9.98 Å². The SMILES string of the molecule is c1ccc(-c2ccc(-c3cccc(C4=NC(c5ccccc5)NC(n5c6ccccc6c6ccc7c8ccccc8n(-c8cc(-c9ccccc9)ccc8-c8ccccc8)c7c65)=N4)c3)cc2)cc1. The quantitative estimate of drug-likeness (QED) is 0.170. The fourth-order valence-electron chi connectivity index (χ4n) is 10.2. The molecule has 0 bridgehead atoms. The Kier molecular flexibility index (Phi) is 9.50. The van der Waals surface area contributed by atoms with Gasteiger partial charge in [0.25, 0.3) is 0 Å². The first-order chi connectivity index (χ1) is 33.7. The number of hydrogen-bond acceptors (Lipinski definition) is 3. The van der Waals surface area contributed by atoms with Crippen molar-refractivity contribution in [2.45, 2.75) is 6.17 Å². The predicted molar refractivity (Wildman–Crippen MR) is 284 cm³/mol. The van der Waals surface area contributed by atoms with Gasteiger partial charge in [-0.05, 0) is 68.8 Å². The summed E-state index contributed by atoms with van der Waals surface area (Å²) < 4.78 is 4.85. The second-order valence-corrected chi connectivity index (χ2v) is 17.4. The number of hydrogen-bond donors (Lipinski definition) is 1. The largest absolute Gasteiger partial charge is 0.330 e. The summed E-state index contributed by atoms with van der Waals surface area (Å²) in [5.41, 5.74) is 16.7. The van der Waals surface area contributed by atoms with Crippen molar-refractivity contribution in [1.29, 1.82) is 0 Å². The number of nitrogens with zero attached hydrogens (tertiary/aromatic N) is 4. The molecule has 0 aliphatic carbocycles. The average Bonchev–Trinajstić information content (AvgIpc) is 3.95. The van der Waals surface area contributed by atoms with Crippen LogP contribution >= 0.6 is 0 Å². The van der Waals surface area contributed by atoms with E-state index in [0.717, 1.165) is 82.9 Å². The summed E-state index contributed by atoms with van der Waals surface area (Å²) in [6.07, 6.45) is -0.402. The van der Waals surface area contributed by atoms with E-state index in [4.69, 9.17) is 9.98 Å². The van der Waals surface area contributed by atoms with Crippen LogP contribution in [0.25, 0.3) is 93.8 Å². The van der Waals surface area contributed by atoms with Crippen LogP contribution in [0.4, 0.5) is 0 Å². The summed E-state index contributed by atoms with van der Waals surface area (Å²) in [6.45, 7) is 0. The zero-order valence-electron chi connectivity index (χ0n) is 37.0. The molecule has 0 spiro atoms. The number of para-hydroxylation sites is 2. The molecule has 5 nitrogen and oxygen atoms in total. The minimum absolute atomic E-state index is 0.402. The number of fused-ring (bicyclic) bond motifs is 7. The van der Waals surface area contributed by atoms with E-state index < -0.39 is 6.17 Å². The van der Waals surface area contributed by atoms with Gasteiger partial charge in [0.15, 0.2) is 5.84 Å². The van der Waals surface area contributed by atoms with Crippen LogP contribution in [-0.4, -0.2) is 20.9 Å². The fraction of sp³-hybridized carbons (Fsp3) is 0.0159. The summed E-state index contributed by atoms with van der Waals surface area (Å²) in [7, 11) is 0. The molecule has 5 heteroatoms. The van der Waals surface area contributed by atoms with E-state index in [9.17, 15) is 0 Å². The van der Waals surface area contributed by atoms with Crippen molar-refractivity contribution in [3.8, 4) is 50.2 Å². The fourth-order valence-corrected chi connectivity index (χ4v) is 10.2. The maximum absolute atomic E-state index is 5.55. The normalized spacial score (nSPS) is 13.7. The third-order valence-electron chi connectivity index (χ3n) is 13.4. The van der Waals surface area contributed by atoms with Gasteiger partial charge in [-0.25, -0.2) is 4.99 Å². The van der Waals surface area contributed by atoms with Gasteiger partial charge in [-0.3, -0.25) is 4.57 Å². The number of benzene rings is 10. The first-order valence-corrected chi connectivity index (χ1v) is 23.2. The lowest BCUT2D eigenvalue weighted by molar-refractivity contribution is 0.661. The molecule has 0 radical (unpaired) electrons. The molecule has 0 fully saturated rings. The molecule has 68 heavy (non-hydrogen) atoms. The zero-order chi connectivity index (χ0) is 45.0. The van der Waals surface area contributed by atoms with Crippen LogP contribution in [0.2, 0.25) is 0 Å². The van der Waals surface area contributed by atoms with Crippen molar-refractivity contribution in [3.63, 3.8) is 0 Å². The van der Waals surface area contributed by atoms with E-state index in [1.54, 1.807) is 0 Å². The number of nitrogens with one attached hydrogen (secondary N) is 1. The molecule has 1 unspecified atom stereocenters. The Bertz CT molecular complexity index is 3900. The van der Waals surface area contributed by atoms with Gasteiger partial charge in [0.1, 0.15) is 6.17 Å². The summed E-state index contributed by atoms with van der Waals surface area (Å²) in [4.78, 5) is 10.9. The highest BCUT2D eigenvalue weighted by atomic mass is 15.3. The Morgan fingerprint density at radius 1 is 0.338 bits per heavy atom. The molecule has 10 aromatic carbocycles. The third kappa shape index (κ3) is 6.71. The van der Waals surface area contributed by atoms with Gasteiger partial charge in [0.2, 0.25) is 5.96 Å². The lowest BCUT2D eigenvalue weighted by Crippen LogP contribution is -2.37. The molecule has 1 atom stereocenters. The zero-order valence-corrected chi connectivity index (χ0v) is 37.0. The number of aliphatic imine (C=N–C) groups is 2. The van der Waals surface area contributed by atoms with Gasteiger partial charge >= 0.3 is 0 Å². The summed E-state index contributed by atoms with van der Waals surface area (Å²) in [5.74, 6) is 1.37. The molecule has 320 valence electrons. The monoisotopic (exact) mass is 869 g/mol. The molecule has 2 aromatic heterocycles. The van der Waals surface area contributed by atoms with Crippen LogP contribution in [0.1, 0.15) is 17.3 Å². The Balaban J connectivity index is 1.06. The van der Waals surface area contributed by atoms with Gasteiger partial charge in [-0.2, -0.15) is 4.99 Å². The molecule has 0 saturated carbocycles. The standard InChI is InChI=1S/C63H43N5/c1-5-18-42(19-6-1)44-32-34-45(35-33-44)48-26-17-27-50(40-48)62-64-61(47-24-11-4-12-25-47)65-63(66-62)68-57-31-16-14-29-53(57)55-39-38-54-52-28-13-15-30-56(52)67(59(54)60(55)68)58-41-49(43-20-7-2-8-21-43)36-37-51(58)46-22-9-3-10-23-46/h1-41,61H,(H,64,65,66). The first-order valence-electron chi connectivity index (χ1n) is 23.2. The lowest BCUT2D eigenvalue weighted by Gasteiger charge is -2.25. The summed E-state index contributed by atoms with van der Waals surface area (Å²) >= 11 is 0. The topological polar surface area (TPSA) is 46.6 Å². The van der Waals surface area contributed by atoms with Gasteiger partial charge in [-0.15, -0.1) is 0 Å². The molecule has 1 aliphatic heterocycles. The maximum Gasteiger partial charge on any atom is 0.212 e. The minimum atomic E-state index is -0.402. The van der Waals surface area contributed by atoms with Gasteiger partial charge in [-0.1, -0.05) is 224 Å². The van der Waals surface area contributed by atoms with Gasteiger partial charge < -0.3 is 9.88 Å². The van der Waals surface area contributed by atoms with Crippen LogP contribution < -0.4 is 5.32 Å². The van der Waals surface area contributed by atoms with Crippen LogP contribution in [0, 0.1) is 0 Å². The van der Waals surface area contributed by atoms with E-state index in [1.165, 1.54) is 22.1 Å². The van der Waals surface area contributed by atoms with E-state index in [0.29, 0.717) is 11.8 Å². The van der Waals surface area contributed by atoms with E-state index in [2.05, 4.69) is 263 Å². The van der Waals surface area contributed by atoms with E-state index in [1.807, 2.05) is 0 Å². The second-order valence-electron chi connectivity index (χ2n) is 17.4. The highest BCUT2D eigenvalue weighted by molar-refractivity contribution is 6.26. The Labute approximate surface area is 394 Å². The third-order valence-corrected chi connectivity index (χ3v) is 13.4. The Morgan fingerprint density at radius 3 is 1.44 bits per heavy atom. The van der Waals surface area contributed by atoms with Crippen LogP contribution in [0.5, 0.6) is 0 Å².